The number of rotatable bonds is 5. The highest BCUT2D eigenvalue weighted by Gasteiger charge is 2.09. The number of aliphatic hydroxyl groups excluding tert-OH is 1. The quantitative estimate of drug-likeness (QED) is 0.669. The van der Waals surface area contributed by atoms with Gasteiger partial charge >= 0.3 is 0 Å². The number of pyridine rings is 1. The molecule has 0 spiro atoms. The summed E-state index contributed by atoms with van der Waals surface area (Å²) in [6.07, 6.45) is 1.52. The highest BCUT2D eigenvalue weighted by Crippen LogP contribution is 2.24. The molecule has 0 saturated carbocycles. The summed E-state index contributed by atoms with van der Waals surface area (Å²) in [5.41, 5.74) is 1.38. The van der Waals surface area contributed by atoms with Crippen LogP contribution in [0.2, 0.25) is 0 Å². The van der Waals surface area contributed by atoms with E-state index in [-0.39, 0.29) is 18.9 Å². The molecule has 2 aromatic rings. The van der Waals surface area contributed by atoms with Gasteiger partial charge < -0.3 is 9.84 Å². The number of hydrogen-bond acceptors (Lipinski definition) is 5. The third-order valence-electron chi connectivity index (χ3n) is 2.60. The average Bonchev–Trinajstić information content (AvgIpc) is 2.46. The van der Waals surface area contributed by atoms with Gasteiger partial charge in [-0.2, -0.15) is 0 Å². The number of halogens is 1. The van der Waals surface area contributed by atoms with Gasteiger partial charge in [-0.3, -0.25) is 15.1 Å². The molecule has 20 heavy (non-hydrogen) atoms. The van der Waals surface area contributed by atoms with Crippen molar-refractivity contribution < 1.29 is 14.8 Å². The maximum Gasteiger partial charge on any atom is 0.270 e. The predicted octanol–water partition coefficient (Wildman–Crippen LogP) is 2.82. The molecule has 0 atom stereocenters. The number of benzene rings is 1. The largest absolute Gasteiger partial charge is 0.487 e. The van der Waals surface area contributed by atoms with Crippen LogP contribution in [-0.2, 0) is 13.2 Å². The molecular formula is C13H11BrN2O4. The Hall–Kier alpha value is -1.99. The SMILES string of the molecule is O=[N+]([O-])c1ccc(COc2ccc(CO)nc2)c(Br)c1. The molecule has 0 radical (unpaired) electrons. The molecule has 0 amide bonds. The Morgan fingerprint density at radius 1 is 1.35 bits per heavy atom. The number of nitro benzene ring substituents is 1. The average molecular weight is 339 g/mol. The molecule has 104 valence electrons. The molecule has 0 unspecified atom stereocenters. The van der Waals surface area contributed by atoms with Gasteiger partial charge in [0.1, 0.15) is 12.4 Å². The van der Waals surface area contributed by atoms with E-state index in [4.69, 9.17) is 9.84 Å². The second kappa shape index (κ2) is 6.44. The first-order valence-corrected chi connectivity index (χ1v) is 6.51. The van der Waals surface area contributed by atoms with Crippen LogP contribution in [0.15, 0.2) is 41.0 Å². The fourth-order valence-corrected chi connectivity index (χ4v) is 2.00. The summed E-state index contributed by atoms with van der Waals surface area (Å²) in [7, 11) is 0. The molecule has 1 aromatic carbocycles. The topological polar surface area (TPSA) is 85.5 Å². The van der Waals surface area contributed by atoms with Crippen LogP contribution in [0, 0.1) is 10.1 Å². The number of nitro groups is 1. The van der Waals surface area contributed by atoms with Crippen LogP contribution in [-0.4, -0.2) is 15.0 Å². The fourth-order valence-electron chi connectivity index (χ4n) is 1.52. The molecule has 0 bridgehead atoms. The molecular weight excluding hydrogens is 328 g/mol. The summed E-state index contributed by atoms with van der Waals surface area (Å²) in [6.45, 7) is 0.146. The molecule has 0 aliphatic rings. The van der Waals surface area contributed by atoms with E-state index in [1.165, 1.54) is 18.3 Å². The number of aliphatic hydroxyl groups is 1. The Morgan fingerprint density at radius 2 is 2.15 bits per heavy atom. The molecule has 6 nitrogen and oxygen atoms in total. The highest BCUT2D eigenvalue weighted by atomic mass is 79.9. The summed E-state index contributed by atoms with van der Waals surface area (Å²) in [6, 6.07) is 7.87. The lowest BCUT2D eigenvalue weighted by molar-refractivity contribution is -0.384. The number of hydrogen-bond donors (Lipinski definition) is 1. The van der Waals surface area contributed by atoms with Crippen LogP contribution >= 0.6 is 15.9 Å². The molecule has 2 rings (SSSR count). The Labute approximate surface area is 123 Å². The summed E-state index contributed by atoms with van der Waals surface area (Å²) in [5.74, 6) is 0.562. The maximum absolute atomic E-state index is 10.6. The minimum atomic E-state index is -0.451. The minimum Gasteiger partial charge on any atom is -0.487 e. The molecule has 1 N–H and O–H groups in total. The van der Waals surface area contributed by atoms with Gasteiger partial charge in [-0.1, -0.05) is 15.9 Å². The van der Waals surface area contributed by atoms with Crippen LogP contribution in [0.5, 0.6) is 5.75 Å². The van der Waals surface area contributed by atoms with Gasteiger partial charge in [0.25, 0.3) is 5.69 Å². The van der Waals surface area contributed by atoms with Gasteiger partial charge in [0, 0.05) is 22.2 Å². The first-order chi connectivity index (χ1) is 9.60. The summed E-state index contributed by atoms with van der Waals surface area (Å²) in [4.78, 5) is 14.2. The predicted molar refractivity (Wildman–Crippen MR) is 75.3 cm³/mol. The number of nitrogens with zero attached hydrogens (tertiary/aromatic N) is 2. The van der Waals surface area contributed by atoms with E-state index in [1.54, 1.807) is 18.2 Å². The van der Waals surface area contributed by atoms with Crippen molar-refractivity contribution in [2.45, 2.75) is 13.2 Å². The lowest BCUT2D eigenvalue weighted by atomic mass is 10.2. The van der Waals surface area contributed by atoms with E-state index in [9.17, 15) is 10.1 Å². The lowest BCUT2D eigenvalue weighted by Crippen LogP contribution is -1.98. The molecule has 0 aliphatic heterocycles. The molecule has 7 heteroatoms. The van der Waals surface area contributed by atoms with E-state index in [1.807, 2.05) is 0 Å². The van der Waals surface area contributed by atoms with Gasteiger partial charge in [-0.05, 0) is 18.2 Å². The lowest BCUT2D eigenvalue weighted by Gasteiger charge is -2.08. The molecule has 0 saturated heterocycles. The zero-order valence-corrected chi connectivity index (χ0v) is 11.9. The summed E-state index contributed by atoms with van der Waals surface area (Å²) < 4.78 is 6.15. The molecule has 0 aliphatic carbocycles. The summed E-state index contributed by atoms with van der Waals surface area (Å²) in [5, 5.41) is 19.5. The zero-order chi connectivity index (χ0) is 14.5. The maximum atomic E-state index is 10.6. The monoisotopic (exact) mass is 338 g/mol. The summed E-state index contributed by atoms with van der Waals surface area (Å²) >= 11 is 3.28. The Balaban J connectivity index is 2.04. The van der Waals surface area contributed by atoms with Crippen molar-refractivity contribution in [3.05, 3.63) is 62.4 Å². The van der Waals surface area contributed by atoms with Crippen LogP contribution < -0.4 is 4.74 Å². The van der Waals surface area contributed by atoms with Crippen molar-refractivity contribution in [2.24, 2.45) is 0 Å². The minimum absolute atomic E-state index is 0.0228. The van der Waals surface area contributed by atoms with Crippen molar-refractivity contribution in [1.82, 2.24) is 4.98 Å². The number of ether oxygens (including phenoxy) is 1. The Morgan fingerprint density at radius 3 is 2.70 bits per heavy atom. The standard InChI is InChI=1S/C13H11BrN2O4/c14-13-5-11(16(18)19)3-1-9(13)8-20-12-4-2-10(7-17)15-6-12/h1-6,17H,7-8H2. The van der Waals surface area contributed by atoms with Crippen molar-refractivity contribution in [1.29, 1.82) is 0 Å². The third-order valence-corrected chi connectivity index (χ3v) is 3.34. The van der Waals surface area contributed by atoms with Gasteiger partial charge in [-0.15, -0.1) is 0 Å². The van der Waals surface area contributed by atoms with Gasteiger partial charge in [0.15, 0.2) is 0 Å². The fraction of sp³-hybridized carbons (Fsp3) is 0.154. The highest BCUT2D eigenvalue weighted by molar-refractivity contribution is 9.10. The Kier molecular flexibility index (Phi) is 4.65. The number of aromatic nitrogens is 1. The van der Waals surface area contributed by atoms with E-state index in [2.05, 4.69) is 20.9 Å². The van der Waals surface area contributed by atoms with Crippen molar-refractivity contribution in [3.8, 4) is 5.75 Å². The third kappa shape index (κ3) is 3.52. The normalized spacial score (nSPS) is 10.3. The van der Waals surface area contributed by atoms with Crippen LogP contribution in [0.4, 0.5) is 5.69 Å². The van der Waals surface area contributed by atoms with E-state index >= 15 is 0 Å². The Bertz CT molecular complexity index is 616. The second-order valence-corrected chi connectivity index (χ2v) is 4.82. The molecule has 0 fully saturated rings. The first-order valence-electron chi connectivity index (χ1n) is 5.71. The van der Waals surface area contributed by atoms with E-state index in [0.717, 1.165) is 5.56 Å². The van der Waals surface area contributed by atoms with E-state index < -0.39 is 4.92 Å². The van der Waals surface area contributed by atoms with Gasteiger partial charge in [0.05, 0.1) is 23.4 Å². The second-order valence-electron chi connectivity index (χ2n) is 3.96. The smallest absolute Gasteiger partial charge is 0.270 e. The van der Waals surface area contributed by atoms with Gasteiger partial charge in [-0.25, -0.2) is 0 Å². The van der Waals surface area contributed by atoms with Crippen molar-refractivity contribution in [2.75, 3.05) is 0 Å². The van der Waals surface area contributed by atoms with Crippen molar-refractivity contribution in [3.63, 3.8) is 0 Å². The number of non-ortho nitro benzene ring substituents is 1. The first kappa shape index (κ1) is 14.4. The van der Waals surface area contributed by atoms with Crippen LogP contribution in [0.1, 0.15) is 11.3 Å². The zero-order valence-electron chi connectivity index (χ0n) is 10.3. The molecule has 1 heterocycles. The molecule has 1 aromatic heterocycles. The van der Waals surface area contributed by atoms with E-state index in [0.29, 0.717) is 15.9 Å². The van der Waals surface area contributed by atoms with Crippen molar-refractivity contribution >= 4 is 21.6 Å². The van der Waals surface area contributed by atoms with Gasteiger partial charge in [0.2, 0.25) is 0 Å². The van der Waals surface area contributed by atoms with Crippen LogP contribution in [0.25, 0.3) is 0 Å². The van der Waals surface area contributed by atoms with Crippen LogP contribution in [0.3, 0.4) is 0 Å².